The standard InChI is InChI=1S/C38H36F2N6O5/c1-22(2)25-17-30(38(49)45(20-25)28-10-7-26(39)8-11-28)37(48)43-27-9-14-32(31(40)18-27)51-33-15-16-41-36-34(33)35(42-23(3)21-47)44-46(36)19-24-5-12-29(50-4)13-6-24/h5-18,20,22-23,47H,19,21H2,1-4H3,(H,42,44)(H,43,48). The molecule has 0 saturated heterocycles. The van der Waals surface area contributed by atoms with Gasteiger partial charge >= 0.3 is 0 Å². The quantitative estimate of drug-likeness (QED) is 0.126. The molecule has 0 aliphatic heterocycles. The normalized spacial score (nSPS) is 11.8. The number of aromatic nitrogens is 4. The molecule has 0 bridgehead atoms. The van der Waals surface area contributed by atoms with Crippen LogP contribution in [0, 0.1) is 11.6 Å². The molecule has 3 heterocycles. The first-order chi connectivity index (χ1) is 24.5. The van der Waals surface area contributed by atoms with Gasteiger partial charge in [-0.1, -0.05) is 26.0 Å². The Bertz CT molecular complexity index is 2250. The van der Waals surface area contributed by atoms with Crippen LogP contribution in [-0.4, -0.2) is 50.1 Å². The number of ether oxygens (including phenoxy) is 2. The minimum Gasteiger partial charge on any atom is -0.497 e. The highest BCUT2D eigenvalue weighted by Gasteiger charge is 2.21. The summed E-state index contributed by atoms with van der Waals surface area (Å²) in [5.74, 6) is -0.768. The van der Waals surface area contributed by atoms with Gasteiger partial charge in [-0.2, -0.15) is 5.10 Å². The Morgan fingerprint density at radius 1 is 0.961 bits per heavy atom. The smallest absolute Gasteiger partial charge is 0.267 e. The number of carbonyl (C=O) groups is 1. The summed E-state index contributed by atoms with van der Waals surface area (Å²) in [6.45, 7) is 5.82. The highest BCUT2D eigenvalue weighted by molar-refractivity contribution is 6.04. The first kappa shape index (κ1) is 34.8. The molecule has 1 unspecified atom stereocenters. The van der Waals surface area contributed by atoms with E-state index in [0.717, 1.165) is 17.4 Å². The molecule has 1 amide bonds. The van der Waals surface area contributed by atoms with Gasteiger partial charge in [0.1, 0.15) is 28.3 Å². The number of fused-ring (bicyclic) bond motifs is 1. The summed E-state index contributed by atoms with van der Waals surface area (Å²) >= 11 is 0. The van der Waals surface area contributed by atoms with Crippen LogP contribution in [0.3, 0.4) is 0 Å². The maximum absolute atomic E-state index is 15.6. The summed E-state index contributed by atoms with van der Waals surface area (Å²) in [7, 11) is 1.59. The fourth-order valence-corrected chi connectivity index (χ4v) is 5.40. The van der Waals surface area contributed by atoms with Crippen LogP contribution in [-0.2, 0) is 6.54 Å². The highest BCUT2D eigenvalue weighted by atomic mass is 19.1. The fraction of sp³-hybridized carbons (Fsp3) is 0.211. The van der Waals surface area contributed by atoms with Crippen LogP contribution in [0.2, 0.25) is 0 Å². The largest absolute Gasteiger partial charge is 0.497 e. The number of pyridine rings is 2. The molecule has 0 aliphatic rings. The zero-order chi connectivity index (χ0) is 36.2. The van der Waals surface area contributed by atoms with Gasteiger partial charge < -0.3 is 25.2 Å². The Morgan fingerprint density at radius 2 is 1.71 bits per heavy atom. The van der Waals surface area contributed by atoms with Crippen molar-refractivity contribution in [3.63, 3.8) is 0 Å². The second kappa shape index (κ2) is 14.8. The minimum absolute atomic E-state index is 0.0329. The van der Waals surface area contributed by atoms with Crippen LogP contribution in [0.4, 0.5) is 20.3 Å². The summed E-state index contributed by atoms with van der Waals surface area (Å²) in [6.07, 6.45) is 3.15. The molecule has 3 N–H and O–H groups in total. The van der Waals surface area contributed by atoms with Crippen LogP contribution in [0.25, 0.3) is 16.7 Å². The molecule has 51 heavy (non-hydrogen) atoms. The average molecular weight is 695 g/mol. The number of benzene rings is 3. The number of aliphatic hydroxyl groups excluding tert-OH is 1. The van der Waals surface area contributed by atoms with Gasteiger partial charge in [0.25, 0.3) is 11.5 Å². The van der Waals surface area contributed by atoms with Crippen molar-refractivity contribution >= 4 is 28.4 Å². The van der Waals surface area contributed by atoms with Gasteiger partial charge in [0.2, 0.25) is 0 Å². The van der Waals surface area contributed by atoms with Crippen molar-refractivity contribution in [2.24, 2.45) is 0 Å². The molecule has 262 valence electrons. The second-order valence-corrected chi connectivity index (χ2v) is 12.3. The third kappa shape index (κ3) is 7.58. The fourth-order valence-electron chi connectivity index (χ4n) is 5.40. The van der Waals surface area contributed by atoms with Gasteiger partial charge in [-0.05, 0) is 78.6 Å². The lowest BCUT2D eigenvalue weighted by molar-refractivity contribution is 0.102. The van der Waals surface area contributed by atoms with Crippen LogP contribution < -0.4 is 25.7 Å². The number of nitrogens with one attached hydrogen (secondary N) is 2. The van der Waals surface area contributed by atoms with Gasteiger partial charge in [-0.15, -0.1) is 0 Å². The lowest BCUT2D eigenvalue weighted by Gasteiger charge is -2.15. The molecule has 1 atom stereocenters. The third-order valence-electron chi connectivity index (χ3n) is 8.21. The molecule has 0 spiro atoms. The molecular weight excluding hydrogens is 658 g/mol. The number of hydrogen-bond acceptors (Lipinski definition) is 8. The van der Waals surface area contributed by atoms with Crippen molar-refractivity contribution in [1.82, 2.24) is 19.3 Å². The number of hydrogen-bond donors (Lipinski definition) is 3. The summed E-state index contributed by atoms with van der Waals surface area (Å²) in [5.41, 5.74) is 1.83. The van der Waals surface area contributed by atoms with Crippen molar-refractivity contribution in [2.45, 2.75) is 39.3 Å². The molecule has 13 heteroatoms. The summed E-state index contributed by atoms with van der Waals surface area (Å²) in [4.78, 5) is 31.4. The molecule has 3 aromatic heterocycles. The molecular formula is C38H36F2N6O5. The van der Waals surface area contributed by atoms with Crippen LogP contribution in [0.5, 0.6) is 17.2 Å². The van der Waals surface area contributed by atoms with Gasteiger partial charge in [-0.3, -0.25) is 14.2 Å². The molecule has 0 radical (unpaired) electrons. The summed E-state index contributed by atoms with van der Waals surface area (Å²) in [6, 6.07) is 19.5. The molecule has 3 aromatic carbocycles. The van der Waals surface area contributed by atoms with E-state index in [0.29, 0.717) is 34.6 Å². The lowest BCUT2D eigenvalue weighted by Crippen LogP contribution is -2.29. The van der Waals surface area contributed by atoms with Gasteiger partial charge in [-0.25, -0.2) is 18.4 Å². The summed E-state index contributed by atoms with van der Waals surface area (Å²) < 4.78 is 43.5. The van der Waals surface area contributed by atoms with E-state index in [9.17, 15) is 19.1 Å². The van der Waals surface area contributed by atoms with Gasteiger partial charge in [0.15, 0.2) is 23.0 Å². The predicted octanol–water partition coefficient (Wildman–Crippen LogP) is 6.88. The number of amides is 1. The van der Waals surface area contributed by atoms with Crippen molar-refractivity contribution in [2.75, 3.05) is 24.4 Å². The number of anilines is 2. The Morgan fingerprint density at radius 3 is 2.37 bits per heavy atom. The third-order valence-corrected chi connectivity index (χ3v) is 8.21. The topological polar surface area (TPSA) is 133 Å². The molecule has 6 rings (SSSR count). The number of nitrogens with zero attached hydrogens (tertiary/aromatic N) is 4. The molecule has 0 aliphatic carbocycles. The molecule has 6 aromatic rings. The number of halogens is 2. The van der Waals surface area contributed by atoms with Gasteiger partial charge in [0, 0.05) is 41.9 Å². The van der Waals surface area contributed by atoms with E-state index in [1.807, 2.05) is 38.1 Å². The molecule has 0 saturated carbocycles. The second-order valence-electron chi connectivity index (χ2n) is 12.3. The van der Waals surface area contributed by atoms with E-state index in [4.69, 9.17) is 14.6 Å². The average Bonchev–Trinajstić information content (AvgIpc) is 3.47. The van der Waals surface area contributed by atoms with Crippen LogP contribution in [0.15, 0.2) is 96.1 Å². The molecule has 0 fully saturated rings. The first-order valence-electron chi connectivity index (χ1n) is 16.2. The maximum atomic E-state index is 15.6. The number of carbonyl (C=O) groups excluding carboxylic acids is 1. The SMILES string of the molecule is COc1ccc(Cn2nc(NC(C)CO)c3c(Oc4ccc(NC(=O)c5cc(C(C)C)cn(-c6ccc(F)cc6)c5=O)cc4F)ccnc32)cc1. The van der Waals surface area contributed by atoms with Crippen LogP contribution in [0.1, 0.15) is 48.2 Å². The number of methoxy groups -OCH3 is 1. The Labute approximate surface area is 292 Å². The first-order valence-corrected chi connectivity index (χ1v) is 16.2. The predicted molar refractivity (Wildman–Crippen MR) is 190 cm³/mol. The summed E-state index contributed by atoms with van der Waals surface area (Å²) in [5, 5.41) is 20.7. The zero-order valence-corrected chi connectivity index (χ0v) is 28.4. The van der Waals surface area contributed by atoms with E-state index in [1.165, 1.54) is 53.2 Å². The van der Waals surface area contributed by atoms with Crippen molar-refractivity contribution in [3.8, 4) is 22.9 Å². The van der Waals surface area contributed by atoms with E-state index < -0.39 is 23.1 Å². The Hall–Kier alpha value is -6.08. The van der Waals surface area contributed by atoms with E-state index in [1.54, 1.807) is 31.0 Å². The van der Waals surface area contributed by atoms with Gasteiger partial charge in [0.05, 0.1) is 20.3 Å². The van der Waals surface area contributed by atoms with E-state index in [-0.39, 0.29) is 41.3 Å². The Balaban J connectivity index is 1.28. The lowest BCUT2D eigenvalue weighted by atomic mass is 10.0. The van der Waals surface area contributed by atoms with Crippen molar-refractivity contribution < 1.29 is 28.2 Å². The zero-order valence-electron chi connectivity index (χ0n) is 28.4. The molecule has 11 nitrogen and oxygen atoms in total. The maximum Gasteiger partial charge on any atom is 0.267 e. The van der Waals surface area contributed by atoms with Crippen molar-refractivity contribution in [1.29, 1.82) is 0 Å². The monoisotopic (exact) mass is 694 g/mol. The number of aliphatic hydroxyl groups is 1. The van der Waals surface area contributed by atoms with E-state index >= 15 is 4.39 Å². The Kier molecular flexibility index (Phi) is 10.1. The van der Waals surface area contributed by atoms with E-state index in [2.05, 4.69) is 15.6 Å². The minimum atomic E-state index is -0.777. The van der Waals surface area contributed by atoms with Crippen LogP contribution >= 0.6 is 0 Å². The van der Waals surface area contributed by atoms with Crippen molar-refractivity contribution in [3.05, 3.63) is 130 Å². The highest BCUT2D eigenvalue weighted by Crippen LogP contribution is 2.36. The number of rotatable bonds is 12.